The zero-order chi connectivity index (χ0) is 15.2. The summed E-state index contributed by atoms with van der Waals surface area (Å²) in [6.45, 7) is 9.58. The molecule has 2 nitrogen and oxygen atoms in total. The Morgan fingerprint density at radius 3 is 2.20 bits per heavy atom. The minimum absolute atomic E-state index is 0.331. The van der Waals surface area contributed by atoms with Crippen LogP contribution in [0, 0.1) is 0 Å². The summed E-state index contributed by atoms with van der Waals surface area (Å²) in [6.07, 6.45) is 13.2. The van der Waals surface area contributed by atoms with Crippen LogP contribution in [-0.4, -0.2) is 31.6 Å². The lowest BCUT2D eigenvalue weighted by Gasteiger charge is -2.17. The molecule has 0 radical (unpaired) electrons. The van der Waals surface area contributed by atoms with E-state index in [2.05, 4.69) is 39.4 Å². The normalized spacial score (nSPS) is 12.7. The Morgan fingerprint density at radius 1 is 1.00 bits per heavy atom. The van der Waals surface area contributed by atoms with Crippen molar-refractivity contribution in [2.75, 3.05) is 20.6 Å². The molecule has 0 amide bonds. The van der Waals surface area contributed by atoms with Gasteiger partial charge in [0.15, 0.2) is 0 Å². The van der Waals surface area contributed by atoms with Gasteiger partial charge in [0, 0.05) is 6.42 Å². The van der Waals surface area contributed by atoms with E-state index in [0.29, 0.717) is 6.10 Å². The second-order valence-electron chi connectivity index (χ2n) is 6.28. The van der Waals surface area contributed by atoms with E-state index in [9.17, 15) is 0 Å². The summed E-state index contributed by atoms with van der Waals surface area (Å²) in [6, 6.07) is 0. The molecule has 0 aromatic heterocycles. The number of nitrogens with zero attached hydrogens (tertiary/aromatic N) is 1. The number of hydrogen-bond acceptors (Lipinski definition) is 2. The summed E-state index contributed by atoms with van der Waals surface area (Å²) in [5.41, 5.74) is 0. The highest BCUT2D eigenvalue weighted by atomic mass is 16.5. The van der Waals surface area contributed by atoms with E-state index in [0.717, 1.165) is 25.1 Å². The van der Waals surface area contributed by atoms with Gasteiger partial charge in [-0.25, -0.2) is 0 Å². The van der Waals surface area contributed by atoms with Gasteiger partial charge in [0.1, 0.15) is 0 Å². The smallest absolute Gasteiger partial charge is 0.0954 e. The Hall–Kier alpha value is -0.500. The summed E-state index contributed by atoms with van der Waals surface area (Å²) in [5.74, 6) is 0.960. The quantitative estimate of drug-likeness (QED) is 0.313. The van der Waals surface area contributed by atoms with Gasteiger partial charge in [-0.3, -0.25) is 0 Å². The second-order valence-corrected chi connectivity index (χ2v) is 6.28. The van der Waals surface area contributed by atoms with Crippen LogP contribution in [0.3, 0.4) is 0 Å². The van der Waals surface area contributed by atoms with E-state index >= 15 is 0 Å². The molecule has 1 atom stereocenters. The Bertz CT molecular complexity index is 225. The Balaban J connectivity index is 3.39. The van der Waals surface area contributed by atoms with Gasteiger partial charge in [0.2, 0.25) is 0 Å². The van der Waals surface area contributed by atoms with Gasteiger partial charge in [0.05, 0.1) is 11.9 Å². The molecule has 0 aromatic carbocycles. The van der Waals surface area contributed by atoms with Gasteiger partial charge < -0.3 is 9.64 Å². The van der Waals surface area contributed by atoms with Crippen molar-refractivity contribution in [3.63, 3.8) is 0 Å². The standard InChI is InChI=1S/C18H37NO/c1-6-7-8-9-10-11-12-14-17(2)20-18(3)15-13-16-19(4)5/h17H,3,6-16H2,1-2,4-5H3. The molecule has 0 saturated carbocycles. The fraction of sp³-hybridized carbons (Fsp3) is 0.889. The molecule has 0 N–H and O–H groups in total. The summed E-state index contributed by atoms with van der Waals surface area (Å²) >= 11 is 0. The van der Waals surface area contributed by atoms with E-state index in [4.69, 9.17) is 4.74 Å². The largest absolute Gasteiger partial charge is 0.496 e. The van der Waals surface area contributed by atoms with Crippen LogP contribution in [-0.2, 0) is 4.74 Å². The zero-order valence-corrected chi connectivity index (χ0v) is 14.4. The molecule has 0 spiro atoms. The lowest BCUT2D eigenvalue weighted by atomic mass is 10.1. The molecular formula is C18H37NO. The average Bonchev–Trinajstić information content (AvgIpc) is 2.37. The Kier molecular flexibility index (Phi) is 13.1. The van der Waals surface area contributed by atoms with Crippen molar-refractivity contribution in [1.82, 2.24) is 4.90 Å². The highest BCUT2D eigenvalue weighted by Gasteiger charge is 2.05. The SMILES string of the molecule is C=C(CCCN(C)C)OC(C)CCCCCCCCC. The van der Waals surface area contributed by atoms with Gasteiger partial charge in [-0.1, -0.05) is 52.0 Å². The first-order valence-electron chi connectivity index (χ1n) is 8.55. The van der Waals surface area contributed by atoms with Crippen LogP contribution in [0.5, 0.6) is 0 Å². The van der Waals surface area contributed by atoms with E-state index in [1.54, 1.807) is 0 Å². The average molecular weight is 283 g/mol. The van der Waals surface area contributed by atoms with Crippen molar-refractivity contribution in [2.24, 2.45) is 0 Å². The second kappa shape index (κ2) is 13.5. The highest BCUT2D eigenvalue weighted by molar-refractivity contribution is 4.83. The third-order valence-electron chi connectivity index (χ3n) is 3.64. The molecule has 0 aliphatic rings. The fourth-order valence-corrected chi connectivity index (χ4v) is 2.38. The minimum Gasteiger partial charge on any atom is -0.496 e. The van der Waals surface area contributed by atoms with Gasteiger partial charge in [-0.2, -0.15) is 0 Å². The van der Waals surface area contributed by atoms with E-state index < -0.39 is 0 Å². The van der Waals surface area contributed by atoms with Crippen molar-refractivity contribution in [2.45, 2.75) is 84.2 Å². The molecule has 0 rings (SSSR count). The molecule has 0 aromatic rings. The van der Waals surface area contributed by atoms with Crippen LogP contribution in [0.4, 0.5) is 0 Å². The molecule has 0 bridgehead atoms. The van der Waals surface area contributed by atoms with Crippen molar-refractivity contribution in [3.8, 4) is 0 Å². The molecule has 0 saturated heterocycles. The van der Waals surface area contributed by atoms with Gasteiger partial charge in [-0.15, -0.1) is 0 Å². The number of ether oxygens (including phenoxy) is 1. The molecular weight excluding hydrogens is 246 g/mol. The number of unbranched alkanes of at least 4 members (excludes halogenated alkanes) is 6. The van der Waals surface area contributed by atoms with Gasteiger partial charge >= 0.3 is 0 Å². The van der Waals surface area contributed by atoms with Crippen LogP contribution in [0.25, 0.3) is 0 Å². The summed E-state index contributed by atoms with van der Waals surface area (Å²) < 4.78 is 5.86. The van der Waals surface area contributed by atoms with Crippen molar-refractivity contribution in [1.29, 1.82) is 0 Å². The van der Waals surface area contributed by atoms with E-state index in [-0.39, 0.29) is 0 Å². The zero-order valence-electron chi connectivity index (χ0n) is 14.4. The topological polar surface area (TPSA) is 12.5 Å². The first kappa shape index (κ1) is 19.5. The summed E-state index contributed by atoms with van der Waals surface area (Å²) in [4.78, 5) is 2.20. The fourth-order valence-electron chi connectivity index (χ4n) is 2.38. The molecule has 0 fully saturated rings. The number of rotatable bonds is 14. The predicted octanol–water partition coefficient (Wildman–Crippen LogP) is 5.39. The first-order chi connectivity index (χ1) is 9.56. The lowest BCUT2D eigenvalue weighted by molar-refractivity contribution is 0.114. The molecule has 1 unspecified atom stereocenters. The van der Waals surface area contributed by atoms with Crippen LogP contribution in [0.2, 0.25) is 0 Å². The number of hydrogen-bond donors (Lipinski definition) is 0. The highest BCUT2D eigenvalue weighted by Crippen LogP contribution is 2.14. The maximum absolute atomic E-state index is 5.86. The number of allylic oxidation sites excluding steroid dienone is 1. The van der Waals surface area contributed by atoms with Crippen LogP contribution in [0.15, 0.2) is 12.3 Å². The van der Waals surface area contributed by atoms with E-state index in [1.165, 1.54) is 51.4 Å². The van der Waals surface area contributed by atoms with Crippen molar-refractivity contribution < 1.29 is 4.74 Å². The predicted molar refractivity (Wildman–Crippen MR) is 90.1 cm³/mol. The summed E-state index contributed by atoms with van der Waals surface area (Å²) in [5, 5.41) is 0. The monoisotopic (exact) mass is 283 g/mol. The molecule has 0 aliphatic carbocycles. The molecule has 0 heterocycles. The van der Waals surface area contributed by atoms with Gasteiger partial charge in [0.25, 0.3) is 0 Å². The third kappa shape index (κ3) is 13.9. The Labute approximate surface area is 127 Å². The molecule has 120 valence electrons. The van der Waals surface area contributed by atoms with Crippen LogP contribution >= 0.6 is 0 Å². The van der Waals surface area contributed by atoms with Crippen LogP contribution < -0.4 is 0 Å². The third-order valence-corrected chi connectivity index (χ3v) is 3.64. The maximum Gasteiger partial charge on any atom is 0.0954 e. The molecule has 0 aliphatic heterocycles. The van der Waals surface area contributed by atoms with E-state index in [1.807, 2.05) is 0 Å². The summed E-state index contributed by atoms with van der Waals surface area (Å²) in [7, 11) is 4.21. The van der Waals surface area contributed by atoms with Crippen LogP contribution in [0.1, 0.15) is 78.1 Å². The Morgan fingerprint density at radius 2 is 1.60 bits per heavy atom. The molecule has 20 heavy (non-hydrogen) atoms. The molecule has 2 heteroatoms. The van der Waals surface area contributed by atoms with Gasteiger partial charge in [-0.05, 0) is 46.8 Å². The maximum atomic E-state index is 5.86. The minimum atomic E-state index is 0.331. The first-order valence-corrected chi connectivity index (χ1v) is 8.55. The lowest BCUT2D eigenvalue weighted by Crippen LogP contribution is -2.14. The van der Waals surface area contributed by atoms with Crippen molar-refractivity contribution >= 4 is 0 Å². The van der Waals surface area contributed by atoms with Crippen molar-refractivity contribution in [3.05, 3.63) is 12.3 Å².